The molecule has 0 bridgehead atoms. The van der Waals surface area contributed by atoms with E-state index in [9.17, 15) is 9.59 Å². The summed E-state index contributed by atoms with van der Waals surface area (Å²) in [6.07, 6.45) is 1.42. The zero-order valence-electron chi connectivity index (χ0n) is 11.3. The first-order valence-electron chi connectivity index (χ1n) is 6.71. The van der Waals surface area contributed by atoms with Crippen molar-refractivity contribution in [3.05, 3.63) is 39.1 Å². The van der Waals surface area contributed by atoms with Crippen LogP contribution >= 0.6 is 15.9 Å². The summed E-state index contributed by atoms with van der Waals surface area (Å²) in [5.74, 6) is -0.0181. The van der Waals surface area contributed by atoms with E-state index in [1.807, 2.05) is 12.1 Å². The van der Waals surface area contributed by atoms with Gasteiger partial charge in [-0.2, -0.15) is 5.10 Å². The Hall–Kier alpha value is -1.73. The molecule has 2 heterocycles. The molecule has 3 rings (SSSR count). The van der Waals surface area contributed by atoms with Crippen LogP contribution in [0.3, 0.4) is 0 Å². The molecule has 0 atom stereocenters. The van der Waals surface area contributed by atoms with Crippen LogP contribution in [0.5, 0.6) is 0 Å². The Morgan fingerprint density at radius 2 is 2.14 bits per heavy atom. The topological polar surface area (TPSA) is 66.3 Å². The minimum absolute atomic E-state index is 0.0181. The number of carbonyl (C=O) groups excluding carboxylic acids is 1. The van der Waals surface area contributed by atoms with E-state index in [4.69, 9.17) is 4.74 Å². The monoisotopic (exact) mass is 352 g/mol. The second-order valence-electron chi connectivity index (χ2n) is 4.92. The summed E-state index contributed by atoms with van der Waals surface area (Å²) in [6.45, 7) is 2.47. The molecule has 6 nitrogen and oxygen atoms in total. The largest absolute Gasteiger partial charge is 0.378 e. The van der Waals surface area contributed by atoms with Crippen LogP contribution in [-0.2, 0) is 16.1 Å². The standard InChI is InChI=1S/C14H14BrN3O3/c15-10-1-2-12-11(7-10)13(19)8-18(16-12)9-14(20)17-3-5-21-6-4-17/h1-2,7-8H,3-6,9H2/p+1. The van der Waals surface area contributed by atoms with Gasteiger partial charge in [0.05, 0.1) is 18.6 Å². The third-order valence-electron chi connectivity index (χ3n) is 3.45. The number of hydrogen-bond donors (Lipinski definition) is 1. The fourth-order valence-electron chi connectivity index (χ4n) is 2.36. The predicted octanol–water partition coefficient (Wildman–Crippen LogP) is 0.437. The van der Waals surface area contributed by atoms with Gasteiger partial charge in [0.25, 0.3) is 11.3 Å². The van der Waals surface area contributed by atoms with Crippen molar-refractivity contribution >= 4 is 32.7 Å². The van der Waals surface area contributed by atoms with Crippen molar-refractivity contribution in [2.45, 2.75) is 6.54 Å². The van der Waals surface area contributed by atoms with E-state index in [-0.39, 0.29) is 17.9 Å². The molecule has 1 fully saturated rings. The van der Waals surface area contributed by atoms with Gasteiger partial charge in [0.15, 0.2) is 0 Å². The lowest BCUT2D eigenvalue weighted by atomic mass is 10.2. The zero-order valence-corrected chi connectivity index (χ0v) is 12.9. The molecule has 2 aromatic rings. The molecule has 1 saturated heterocycles. The highest BCUT2D eigenvalue weighted by molar-refractivity contribution is 9.10. The van der Waals surface area contributed by atoms with Crippen molar-refractivity contribution < 1.29 is 14.2 Å². The molecule has 1 aromatic carbocycles. The number of nitrogens with zero attached hydrogens (tertiary/aromatic N) is 2. The average Bonchev–Trinajstić information content (AvgIpc) is 2.49. The van der Waals surface area contributed by atoms with Gasteiger partial charge in [0, 0.05) is 17.6 Å². The molecule has 21 heavy (non-hydrogen) atoms. The molecular weight excluding hydrogens is 338 g/mol. The number of aromatic nitrogens is 2. The van der Waals surface area contributed by atoms with E-state index in [1.165, 1.54) is 10.9 Å². The van der Waals surface area contributed by atoms with Crippen LogP contribution in [0.15, 0.2) is 33.7 Å². The van der Waals surface area contributed by atoms with Crippen LogP contribution in [0.1, 0.15) is 0 Å². The number of ether oxygens (including phenoxy) is 1. The van der Waals surface area contributed by atoms with E-state index < -0.39 is 0 Å². The average molecular weight is 353 g/mol. The number of halogens is 1. The van der Waals surface area contributed by atoms with Gasteiger partial charge in [-0.05, 0) is 18.2 Å². The molecule has 1 N–H and O–H groups in total. The van der Waals surface area contributed by atoms with Gasteiger partial charge in [-0.15, -0.1) is 4.68 Å². The number of benzene rings is 1. The van der Waals surface area contributed by atoms with E-state index in [2.05, 4.69) is 21.0 Å². The van der Waals surface area contributed by atoms with Gasteiger partial charge < -0.3 is 9.64 Å². The number of hydrogen-bond acceptors (Lipinski definition) is 3. The van der Waals surface area contributed by atoms with Crippen LogP contribution in [0.25, 0.3) is 10.9 Å². The summed E-state index contributed by atoms with van der Waals surface area (Å²) < 4.78 is 7.61. The molecule has 0 unspecified atom stereocenters. The molecule has 1 aliphatic heterocycles. The summed E-state index contributed by atoms with van der Waals surface area (Å²) in [4.78, 5) is 26.0. The lowest BCUT2D eigenvalue weighted by molar-refractivity contribution is -0.741. The van der Waals surface area contributed by atoms with Crippen molar-refractivity contribution in [1.82, 2.24) is 10.00 Å². The first-order chi connectivity index (χ1) is 10.1. The minimum atomic E-state index is -0.111. The highest BCUT2D eigenvalue weighted by Gasteiger charge is 2.21. The molecule has 1 aliphatic rings. The number of nitrogens with one attached hydrogen (secondary N) is 1. The molecule has 0 aliphatic carbocycles. The van der Waals surface area contributed by atoms with Crippen LogP contribution in [0.4, 0.5) is 0 Å². The SMILES string of the molecule is O=C(C[n+]1cc(=O)c2cc(Br)ccc2[nH]1)N1CCOCC1. The minimum Gasteiger partial charge on any atom is -0.378 e. The first kappa shape index (κ1) is 14.2. The number of fused-ring (bicyclic) bond motifs is 1. The van der Waals surface area contributed by atoms with Gasteiger partial charge in [-0.1, -0.05) is 15.9 Å². The van der Waals surface area contributed by atoms with Crippen molar-refractivity contribution in [3.8, 4) is 0 Å². The smallest absolute Gasteiger partial charge is 0.291 e. The number of morpholine rings is 1. The van der Waals surface area contributed by atoms with E-state index in [0.29, 0.717) is 37.2 Å². The zero-order chi connectivity index (χ0) is 14.8. The Morgan fingerprint density at radius 1 is 1.38 bits per heavy atom. The molecule has 0 spiro atoms. The van der Waals surface area contributed by atoms with Gasteiger partial charge in [0.1, 0.15) is 5.52 Å². The molecular formula is C14H15BrN3O3+. The van der Waals surface area contributed by atoms with E-state index in [1.54, 1.807) is 11.0 Å². The molecule has 7 heteroatoms. The molecule has 1 amide bonds. The lowest BCUT2D eigenvalue weighted by Gasteiger charge is -2.25. The van der Waals surface area contributed by atoms with Gasteiger partial charge >= 0.3 is 0 Å². The van der Waals surface area contributed by atoms with E-state index >= 15 is 0 Å². The predicted molar refractivity (Wildman–Crippen MR) is 79.9 cm³/mol. The maximum atomic E-state index is 12.2. The molecule has 1 aromatic heterocycles. The Labute approximate surface area is 129 Å². The Balaban J connectivity index is 1.85. The fourth-order valence-corrected chi connectivity index (χ4v) is 2.72. The fraction of sp³-hybridized carbons (Fsp3) is 0.357. The van der Waals surface area contributed by atoms with Crippen LogP contribution < -0.4 is 10.1 Å². The number of rotatable bonds is 2. The summed E-state index contributed by atoms with van der Waals surface area (Å²) in [5, 5.41) is 3.68. The van der Waals surface area contributed by atoms with Crippen molar-refractivity contribution in [2.24, 2.45) is 0 Å². The number of H-pyrrole nitrogens is 1. The number of aromatic amines is 1. The van der Waals surface area contributed by atoms with Crippen molar-refractivity contribution in [2.75, 3.05) is 26.3 Å². The lowest BCUT2D eigenvalue weighted by Crippen LogP contribution is -2.51. The normalized spacial score (nSPS) is 15.4. The second kappa shape index (κ2) is 5.95. The number of amides is 1. The van der Waals surface area contributed by atoms with Gasteiger partial charge in [-0.3, -0.25) is 9.59 Å². The summed E-state index contributed by atoms with van der Waals surface area (Å²) in [6, 6.07) is 5.44. The third-order valence-corrected chi connectivity index (χ3v) is 3.95. The van der Waals surface area contributed by atoms with Crippen molar-refractivity contribution in [1.29, 1.82) is 0 Å². The van der Waals surface area contributed by atoms with Crippen LogP contribution in [0.2, 0.25) is 0 Å². The number of carbonyl (C=O) groups is 1. The van der Waals surface area contributed by atoms with Gasteiger partial charge in [0.2, 0.25) is 12.7 Å². The summed E-state index contributed by atoms with van der Waals surface area (Å²) >= 11 is 3.35. The molecule has 0 radical (unpaired) electrons. The van der Waals surface area contributed by atoms with Crippen LogP contribution in [-0.4, -0.2) is 42.2 Å². The Bertz CT molecular complexity index is 738. The molecule has 0 saturated carbocycles. The molecule has 110 valence electrons. The first-order valence-corrected chi connectivity index (χ1v) is 7.50. The Morgan fingerprint density at radius 3 is 2.90 bits per heavy atom. The maximum Gasteiger partial charge on any atom is 0.291 e. The second-order valence-corrected chi connectivity index (χ2v) is 5.83. The van der Waals surface area contributed by atoms with E-state index in [0.717, 1.165) is 4.47 Å². The quantitative estimate of drug-likeness (QED) is 0.797. The van der Waals surface area contributed by atoms with Gasteiger partial charge in [-0.25, -0.2) is 0 Å². The highest BCUT2D eigenvalue weighted by Crippen LogP contribution is 2.13. The summed E-state index contributed by atoms with van der Waals surface area (Å²) in [5.41, 5.74) is 0.598. The summed E-state index contributed by atoms with van der Waals surface area (Å²) in [7, 11) is 0. The maximum absolute atomic E-state index is 12.2. The van der Waals surface area contributed by atoms with Crippen LogP contribution in [0, 0.1) is 0 Å². The highest BCUT2D eigenvalue weighted by atomic mass is 79.9. The Kier molecular flexibility index (Phi) is 4.03. The van der Waals surface area contributed by atoms with Crippen molar-refractivity contribution in [3.63, 3.8) is 0 Å². The third kappa shape index (κ3) is 3.14.